The predicted molar refractivity (Wildman–Crippen MR) is 55.2 cm³/mol. The molecule has 0 aromatic rings. The summed E-state index contributed by atoms with van der Waals surface area (Å²) in [7, 11) is 0. The average molecular weight is 199 g/mol. The number of hydrogen-bond donors (Lipinski definition) is 1. The fraction of sp³-hybridized carbons (Fsp3) is 1.00. The van der Waals surface area contributed by atoms with Crippen molar-refractivity contribution in [2.45, 2.75) is 50.9 Å². The second-order valence-corrected chi connectivity index (χ2v) is 4.45. The molecule has 0 unspecified atom stereocenters. The first-order chi connectivity index (χ1) is 6.81. The zero-order chi connectivity index (χ0) is 9.97. The van der Waals surface area contributed by atoms with Gasteiger partial charge in [0.1, 0.15) is 0 Å². The van der Waals surface area contributed by atoms with E-state index in [4.69, 9.17) is 4.74 Å². The van der Waals surface area contributed by atoms with Crippen molar-refractivity contribution >= 4 is 0 Å². The van der Waals surface area contributed by atoms with Crippen molar-refractivity contribution in [3.05, 3.63) is 0 Å². The molecular formula is C11H21NO2. The van der Waals surface area contributed by atoms with Crippen LogP contribution in [-0.4, -0.2) is 48.0 Å². The van der Waals surface area contributed by atoms with Gasteiger partial charge in [-0.25, -0.2) is 0 Å². The molecule has 1 aliphatic carbocycles. The Morgan fingerprint density at radius 3 is 2.64 bits per heavy atom. The van der Waals surface area contributed by atoms with Gasteiger partial charge >= 0.3 is 0 Å². The minimum Gasteiger partial charge on any atom is -0.391 e. The van der Waals surface area contributed by atoms with Gasteiger partial charge in [-0.2, -0.15) is 0 Å². The quantitative estimate of drug-likeness (QED) is 0.736. The summed E-state index contributed by atoms with van der Waals surface area (Å²) in [5.74, 6) is 0. The van der Waals surface area contributed by atoms with Gasteiger partial charge in [0.2, 0.25) is 0 Å². The zero-order valence-electron chi connectivity index (χ0n) is 8.98. The summed E-state index contributed by atoms with van der Waals surface area (Å²) < 4.78 is 5.51. The largest absolute Gasteiger partial charge is 0.391 e. The minimum atomic E-state index is -0.0914. The van der Waals surface area contributed by atoms with Crippen molar-refractivity contribution < 1.29 is 9.84 Å². The van der Waals surface area contributed by atoms with Crippen LogP contribution in [0.3, 0.4) is 0 Å². The van der Waals surface area contributed by atoms with Crippen molar-refractivity contribution in [1.29, 1.82) is 0 Å². The van der Waals surface area contributed by atoms with Crippen molar-refractivity contribution in [2.24, 2.45) is 0 Å². The van der Waals surface area contributed by atoms with Gasteiger partial charge in [-0.3, -0.25) is 4.90 Å². The number of likely N-dealkylation sites (tertiary alicyclic amines) is 1. The lowest BCUT2D eigenvalue weighted by Gasteiger charge is -2.46. The number of aliphatic hydroxyl groups is 1. The van der Waals surface area contributed by atoms with Crippen LogP contribution in [-0.2, 0) is 4.74 Å². The summed E-state index contributed by atoms with van der Waals surface area (Å²) in [5, 5.41) is 9.84. The third kappa shape index (κ3) is 2.10. The number of nitrogens with zero attached hydrogens (tertiary/aromatic N) is 1. The van der Waals surface area contributed by atoms with Gasteiger partial charge in [-0.05, 0) is 19.8 Å². The van der Waals surface area contributed by atoms with Gasteiger partial charge in [0, 0.05) is 25.7 Å². The van der Waals surface area contributed by atoms with E-state index >= 15 is 0 Å². The first-order valence-corrected chi connectivity index (χ1v) is 5.85. The highest BCUT2D eigenvalue weighted by Crippen LogP contribution is 2.27. The first-order valence-electron chi connectivity index (χ1n) is 5.85. The lowest BCUT2D eigenvalue weighted by molar-refractivity contribution is -0.0983. The lowest BCUT2D eigenvalue weighted by Crippen LogP contribution is -2.60. The molecule has 0 aromatic heterocycles. The number of ether oxygens (including phenoxy) is 1. The molecule has 3 nitrogen and oxygen atoms in total. The van der Waals surface area contributed by atoms with E-state index in [0.29, 0.717) is 12.1 Å². The Hall–Kier alpha value is -0.120. The van der Waals surface area contributed by atoms with Gasteiger partial charge in [0.15, 0.2) is 0 Å². The van der Waals surface area contributed by atoms with E-state index in [1.807, 2.05) is 6.92 Å². The Labute approximate surface area is 86.0 Å². The van der Waals surface area contributed by atoms with Crippen molar-refractivity contribution in [3.63, 3.8) is 0 Å². The van der Waals surface area contributed by atoms with Crippen LogP contribution in [0.15, 0.2) is 0 Å². The summed E-state index contributed by atoms with van der Waals surface area (Å²) in [6.45, 7) is 4.90. The Morgan fingerprint density at radius 2 is 2.00 bits per heavy atom. The van der Waals surface area contributed by atoms with Crippen LogP contribution in [0.2, 0.25) is 0 Å². The Bertz CT molecular complexity index is 180. The highest BCUT2D eigenvalue weighted by molar-refractivity contribution is 4.91. The molecule has 1 saturated carbocycles. The monoisotopic (exact) mass is 199 g/mol. The fourth-order valence-electron chi connectivity index (χ4n) is 2.60. The molecule has 2 atom stereocenters. The van der Waals surface area contributed by atoms with Crippen LogP contribution >= 0.6 is 0 Å². The molecule has 2 fully saturated rings. The summed E-state index contributed by atoms with van der Waals surface area (Å²) in [5.41, 5.74) is 0. The maximum Gasteiger partial charge on any atom is 0.0828 e. The summed E-state index contributed by atoms with van der Waals surface area (Å²) in [6.07, 6.45) is 4.96. The molecule has 1 heterocycles. The summed E-state index contributed by atoms with van der Waals surface area (Å²) in [4.78, 5) is 2.38. The number of hydrogen-bond acceptors (Lipinski definition) is 3. The molecule has 0 amide bonds. The lowest BCUT2D eigenvalue weighted by atomic mass is 9.89. The van der Waals surface area contributed by atoms with E-state index < -0.39 is 0 Å². The molecule has 0 aromatic carbocycles. The molecule has 0 bridgehead atoms. The molecule has 2 rings (SSSR count). The molecule has 0 spiro atoms. The van der Waals surface area contributed by atoms with E-state index in [-0.39, 0.29) is 6.10 Å². The van der Waals surface area contributed by atoms with Crippen molar-refractivity contribution in [2.75, 3.05) is 19.7 Å². The van der Waals surface area contributed by atoms with Crippen LogP contribution in [0, 0.1) is 0 Å². The third-order valence-electron chi connectivity index (χ3n) is 3.44. The SMILES string of the molecule is CCOC1CN([C@@H]2CCCC[C@H]2O)C1. The summed E-state index contributed by atoms with van der Waals surface area (Å²) in [6, 6.07) is 0.417. The maximum atomic E-state index is 9.84. The highest BCUT2D eigenvalue weighted by atomic mass is 16.5. The van der Waals surface area contributed by atoms with Crippen LogP contribution < -0.4 is 0 Å². The Kier molecular flexibility index (Phi) is 3.42. The molecule has 3 heteroatoms. The molecule has 14 heavy (non-hydrogen) atoms. The number of aliphatic hydroxyl groups excluding tert-OH is 1. The molecule has 1 saturated heterocycles. The third-order valence-corrected chi connectivity index (χ3v) is 3.44. The van der Waals surface area contributed by atoms with E-state index in [1.165, 1.54) is 19.3 Å². The number of rotatable bonds is 3. The maximum absolute atomic E-state index is 9.84. The highest BCUT2D eigenvalue weighted by Gasteiger charge is 2.36. The molecule has 1 N–H and O–H groups in total. The second kappa shape index (κ2) is 4.60. The second-order valence-electron chi connectivity index (χ2n) is 4.45. The molecule has 1 aliphatic heterocycles. The minimum absolute atomic E-state index is 0.0914. The van der Waals surface area contributed by atoms with Crippen molar-refractivity contribution in [1.82, 2.24) is 4.90 Å². The molecular weight excluding hydrogens is 178 g/mol. The van der Waals surface area contributed by atoms with Gasteiger partial charge in [-0.15, -0.1) is 0 Å². The van der Waals surface area contributed by atoms with E-state index in [0.717, 1.165) is 26.1 Å². The van der Waals surface area contributed by atoms with Gasteiger partial charge < -0.3 is 9.84 Å². The van der Waals surface area contributed by atoms with Gasteiger partial charge in [-0.1, -0.05) is 12.8 Å². The van der Waals surface area contributed by atoms with E-state index in [2.05, 4.69) is 4.90 Å². The van der Waals surface area contributed by atoms with Crippen LogP contribution in [0.4, 0.5) is 0 Å². The standard InChI is InChI=1S/C11H21NO2/c1-2-14-9-7-12(8-9)10-5-3-4-6-11(10)13/h9-11,13H,2-8H2,1H3/t10-,11-/m1/s1. The van der Waals surface area contributed by atoms with Crippen LogP contribution in [0.25, 0.3) is 0 Å². The Balaban J connectivity index is 1.74. The van der Waals surface area contributed by atoms with Crippen molar-refractivity contribution in [3.8, 4) is 0 Å². The normalized spacial score (nSPS) is 35.6. The predicted octanol–water partition coefficient (Wildman–Crippen LogP) is 1.01. The van der Waals surface area contributed by atoms with Gasteiger partial charge in [0.25, 0.3) is 0 Å². The van der Waals surface area contributed by atoms with Crippen LogP contribution in [0.5, 0.6) is 0 Å². The smallest absolute Gasteiger partial charge is 0.0828 e. The molecule has 82 valence electrons. The van der Waals surface area contributed by atoms with E-state index in [1.54, 1.807) is 0 Å². The molecule has 0 radical (unpaired) electrons. The Morgan fingerprint density at radius 1 is 1.29 bits per heavy atom. The zero-order valence-corrected chi connectivity index (χ0v) is 8.98. The summed E-state index contributed by atoms with van der Waals surface area (Å²) >= 11 is 0. The average Bonchev–Trinajstić information content (AvgIpc) is 2.12. The topological polar surface area (TPSA) is 32.7 Å². The first kappa shape index (κ1) is 10.4. The fourth-order valence-corrected chi connectivity index (χ4v) is 2.60. The molecule has 2 aliphatic rings. The van der Waals surface area contributed by atoms with E-state index in [9.17, 15) is 5.11 Å². The van der Waals surface area contributed by atoms with Crippen LogP contribution in [0.1, 0.15) is 32.6 Å². The van der Waals surface area contributed by atoms with Gasteiger partial charge in [0.05, 0.1) is 12.2 Å².